The van der Waals surface area contributed by atoms with Gasteiger partial charge in [0, 0.05) is 0 Å². The van der Waals surface area contributed by atoms with E-state index in [4.69, 9.17) is 9.15 Å². The Morgan fingerprint density at radius 1 is 1.32 bits per heavy atom. The van der Waals surface area contributed by atoms with Crippen LogP contribution in [0.2, 0.25) is 0 Å². The molecule has 0 radical (unpaired) electrons. The number of benzene rings is 1. The molecule has 0 saturated carbocycles. The maximum atomic E-state index is 12.2. The predicted molar refractivity (Wildman–Crippen MR) is 72.1 cm³/mol. The van der Waals surface area contributed by atoms with Gasteiger partial charge in [0.2, 0.25) is 5.78 Å². The summed E-state index contributed by atoms with van der Waals surface area (Å²) < 4.78 is 10.7. The summed E-state index contributed by atoms with van der Waals surface area (Å²) in [5.74, 6) is -0.412. The Kier molecular flexibility index (Phi) is 4.03. The van der Waals surface area contributed by atoms with Crippen molar-refractivity contribution in [3.63, 3.8) is 0 Å². The summed E-state index contributed by atoms with van der Waals surface area (Å²) >= 11 is 3.13. The number of nitriles is 1. The molecule has 1 unspecified atom stereocenters. The number of methoxy groups -OCH3 is 1. The highest BCUT2D eigenvalue weighted by molar-refractivity contribution is 9.10. The molecule has 0 spiro atoms. The summed E-state index contributed by atoms with van der Waals surface area (Å²) in [6, 6.07) is 12.0. The third kappa shape index (κ3) is 2.85. The van der Waals surface area contributed by atoms with E-state index >= 15 is 0 Å². The van der Waals surface area contributed by atoms with Crippen LogP contribution in [0.1, 0.15) is 22.0 Å². The fraction of sp³-hybridized carbons (Fsp3) is 0.143. The minimum Gasteiger partial charge on any atom is -0.497 e. The highest BCUT2D eigenvalue weighted by Crippen LogP contribution is 2.25. The average Bonchev–Trinajstić information content (AvgIpc) is 2.87. The monoisotopic (exact) mass is 319 g/mol. The number of carbonyl (C=O) groups excluding carboxylic acids is 1. The summed E-state index contributed by atoms with van der Waals surface area (Å²) in [6.45, 7) is 0. The molecule has 0 amide bonds. The molecule has 0 aliphatic heterocycles. The normalized spacial score (nSPS) is 11.6. The van der Waals surface area contributed by atoms with Crippen molar-refractivity contribution in [1.29, 1.82) is 5.26 Å². The molecule has 1 aromatic carbocycles. The Bertz CT molecular complexity index is 625. The average molecular weight is 320 g/mol. The van der Waals surface area contributed by atoms with Crippen molar-refractivity contribution in [2.24, 2.45) is 0 Å². The Balaban J connectivity index is 2.29. The fourth-order valence-electron chi connectivity index (χ4n) is 1.67. The summed E-state index contributed by atoms with van der Waals surface area (Å²) in [6.07, 6.45) is 0. The molecular formula is C14H10BrNO3. The zero-order chi connectivity index (χ0) is 13.8. The first-order chi connectivity index (χ1) is 9.15. The quantitative estimate of drug-likeness (QED) is 0.808. The van der Waals surface area contributed by atoms with Gasteiger partial charge >= 0.3 is 0 Å². The number of carbonyl (C=O) groups is 1. The number of Topliss-reactive ketones (excluding diaryl/α,β-unsaturated/α-hetero) is 1. The predicted octanol–water partition coefficient (Wildman–Crippen LogP) is 3.54. The van der Waals surface area contributed by atoms with Gasteiger partial charge < -0.3 is 9.15 Å². The molecule has 0 N–H and O–H groups in total. The van der Waals surface area contributed by atoms with E-state index < -0.39 is 5.92 Å². The molecule has 0 aliphatic carbocycles. The summed E-state index contributed by atoms with van der Waals surface area (Å²) in [7, 11) is 1.56. The van der Waals surface area contributed by atoms with E-state index in [1.807, 2.05) is 6.07 Å². The minimum atomic E-state index is -0.885. The molecule has 1 atom stereocenters. The first-order valence-electron chi connectivity index (χ1n) is 5.49. The van der Waals surface area contributed by atoms with E-state index in [9.17, 15) is 10.1 Å². The lowest BCUT2D eigenvalue weighted by Crippen LogP contribution is -2.10. The van der Waals surface area contributed by atoms with Crippen molar-refractivity contribution in [3.05, 3.63) is 52.4 Å². The maximum Gasteiger partial charge on any atom is 0.219 e. The Labute approximate surface area is 118 Å². The van der Waals surface area contributed by atoms with Crippen LogP contribution in [0.4, 0.5) is 0 Å². The lowest BCUT2D eigenvalue weighted by Gasteiger charge is -2.07. The summed E-state index contributed by atoms with van der Waals surface area (Å²) in [5.41, 5.74) is 0.612. The SMILES string of the molecule is COc1ccc(C(C#N)C(=O)c2ccc(Br)o2)cc1. The van der Waals surface area contributed by atoms with Crippen molar-refractivity contribution >= 4 is 21.7 Å². The smallest absolute Gasteiger partial charge is 0.219 e. The number of rotatable bonds is 4. The van der Waals surface area contributed by atoms with Crippen LogP contribution >= 0.6 is 15.9 Å². The van der Waals surface area contributed by atoms with E-state index in [-0.39, 0.29) is 11.5 Å². The highest BCUT2D eigenvalue weighted by Gasteiger charge is 2.24. The molecule has 1 aromatic heterocycles. The van der Waals surface area contributed by atoms with Gasteiger partial charge in [-0.3, -0.25) is 4.79 Å². The maximum absolute atomic E-state index is 12.2. The van der Waals surface area contributed by atoms with Crippen molar-refractivity contribution in [1.82, 2.24) is 0 Å². The molecule has 2 rings (SSSR count). The van der Waals surface area contributed by atoms with Gasteiger partial charge in [0.25, 0.3) is 0 Å². The van der Waals surface area contributed by atoms with E-state index in [1.54, 1.807) is 43.5 Å². The number of nitrogens with zero attached hydrogens (tertiary/aromatic N) is 1. The summed E-state index contributed by atoms with van der Waals surface area (Å²) in [4.78, 5) is 12.2. The van der Waals surface area contributed by atoms with Gasteiger partial charge in [-0.05, 0) is 45.8 Å². The second-order valence-electron chi connectivity index (χ2n) is 3.80. The van der Waals surface area contributed by atoms with Crippen LogP contribution in [0.25, 0.3) is 0 Å². The number of ketones is 1. The van der Waals surface area contributed by atoms with Gasteiger partial charge in [-0.25, -0.2) is 0 Å². The van der Waals surface area contributed by atoms with Gasteiger partial charge in [0.05, 0.1) is 13.2 Å². The topological polar surface area (TPSA) is 63.2 Å². The number of ether oxygens (including phenoxy) is 1. The molecule has 96 valence electrons. The van der Waals surface area contributed by atoms with Gasteiger partial charge in [0.1, 0.15) is 11.7 Å². The molecule has 0 fully saturated rings. The van der Waals surface area contributed by atoms with Crippen LogP contribution in [0, 0.1) is 11.3 Å². The van der Waals surface area contributed by atoms with Crippen molar-refractivity contribution in [2.75, 3.05) is 7.11 Å². The number of halogens is 1. The molecule has 19 heavy (non-hydrogen) atoms. The summed E-state index contributed by atoms with van der Waals surface area (Å²) in [5, 5.41) is 9.19. The van der Waals surface area contributed by atoms with Crippen LogP contribution in [0.3, 0.4) is 0 Å². The third-order valence-electron chi connectivity index (χ3n) is 2.66. The Morgan fingerprint density at radius 2 is 2.00 bits per heavy atom. The number of hydrogen-bond donors (Lipinski definition) is 0. The van der Waals surface area contributed by atoms with Gasteiger partial charge in [-0.1, -0.05) is 12.1 Å². The fourth-order valence-corrected chi connectivity index (χ4v) is 1.98. The minimum absolute atomic E-state index is 0.161. The molecule has 5 heteroatoms. The lowest BCUT2D eigenvalue weighted by molar-refractivity contribution is 0.0950. The van der Waals surface area contributed by atoms with Crippen molar-refractivity contribution in [2.45, 2.75) is 5.92 Å². The van der Waals surface area contributed by atoms with Crippen LogP contribution < -0.4 is 4.74 Å². The highest BCUT2D eigenvalue weighted by atomic mass is 79.9. The lowest BCUT2D eigenvalue weighted by atomic mass is 9.95. The molecular weight excluding hydrogens is 310 g/mol. The first-order valence-corrected chi connectivity index (χ1v) is 6.28. The van der Waals surface area contributed by atoms with E-state index in [0.717, 1.165) is 0 Å². The Hall–Kier alpha value is -2.06. The number of furan rings is 1. The standard InChI is InChI=1S/C14H10BrNO3/c1-18-10-4-2-9(3-5-10)11(8-16)14(17)12-6-7-13(15)19-12/h2-7,11H,1H3. The Morgan fingerprint density at radius 3 is 2.47 bits per heavy atom. The third-order valence-corrected chi connectivity index (χ3v) is 3.08. The zero-order valence-corrected chi connectivity index (χ0v) is 11.7. The van der Waals surface area contributed by atoms with Crippen molar-refractivity contribution in [3.8, 4) is 11.8 Å². The second kappa shape index (κ2) is 5.72. The largest absolute Gasteiger partial charge is 0.497 e. The van der Waals surface area contributed by atoms with Gasteiger partial charge in [0.15, 0.2) is 10.4 Å². The molecule has 1 heterocycles. The van der Waals surface area contributed by atoms with Crippen LogP contribution in [-0.4, -0.2) is 12.9 Å². The zero-order valence-electron chi connectivity index (χ0n) is 10.1. The van der Waals surface area contributed by atoms with E-state index in [1.165, 1.54) is 0 Å². The second-order valence-corrected chi connectivity index (χ2v) is 4.58. The van der Waals surface area contributed by atoms with Gasteiger partial charge in [-0.15, -0.1) is 0 Å². The van der Waals surface area contributed by atoms with Crippen LogP contribution in [-0.2, 0) is 0 Å². The van der Waals surface area contributed by atoms with E-state index in [2.05, 4.69) is 15.9 Å². The van der Waals surface area contributed by atoms with Gasteiger partial charge in [-0.2, -0.15) is 5.26 Å². The van der Waals surface area contributed by atoms with Crippen LogP contribution in [0.15, 0.2) is 45.5 Å². The molecule has 0 bridgehead atoms. The molecule has 2 aromatic rings. The van der Waals surface area contributed by atoms with Crippen LogP contribution in [0.5, 0.6) is 5.75 Å². The van der Waals surface area contributed by atoms with E-state index in [0.29, 0.717) is 16.0 Å². The first kappa shape index (κ1) is 13.4. The van der Waals surface area contributed by atoms with Crippen molar-refractivity contribution < 1.29 is 13.9 Å². The molecule has 0 aliphatic rings. The molecule has 0 saturated heterocycles. The molecule has 4 nitrogen and oxygen atoms in total. The number of hydrogen-bond acceptors (Lipinski definition) is 4.